The summed E-state index contributed by atoms with van der Waals surface area (Å²) in [5.74, 6) is -0.362. The van der Waals surface area contributed by atoms with E-state index in [1.165, 1.54) is 0 Å². The molecule has 0 aromatic carbocycles. The fourth-order valence-electron chi connectivity index (χ4n) is 1.00. The zero-order chi connectivity index (χ0) is 10.4. The third kappa shape index (κ3) is 4.39. The topological polar surface area (TPSA) is 59.1 Å². The van der Waals surface area contributed by atoms with Crippen LogP contribution in [0, 0.1) is 0 Å². The van der Waals surface area contributed by atoms with Gasteiger partial charge in [-0.3, -0.25) is 0 Å². The number of epoxide rings is 1. The molecule has 1 aliphatic heterocycles. The van der Waals surface area contributed by atoms with Crippen molar-refractivity contribution in [3.05, 3.63) is 12.2 Å². The molecule has 0 amide bonds. The van der Waals surface area contributed by atoms with Crippen molar-refractivity contribution < 1.29 is 19.4 Å². The lowest BCUT2D eigenvalue weighted by atomic mass is 10.1. The Balaban J connectivity index is 2.05. The average Bonchev–Trinajstić information content (AvgIpc) is 2.98. The van der Waals surface area contributed by atoms with Gasteiger partial charge in [0.2, 0.25) is 0 Å². The van der Waals surface area contributed by atoms with Crippen molar-refractivity contribution in [1.29, 1.82) is 0 Å². The molecule has 1 saturated heterocycles. The van der Waals surface area contributed by atoms with Crippen LogP contribution in [0.2, 0.25) is 0 Å². The third-order valence-corrected chi connectivity index (χ3v) is 1.99. The lowest BCUT2D eigenvalue weighted by molar-refractivity contribution is -0.139. The van der Waals surface area contributed by atoms with E-state index in [4.69, 9.17) is 14.6 Å². The molecule has 4 heteroatoms. The molecule has 4 nitrogen and oxygen atoms in total. The summed E-state index contributed by atoms with van der Waals surface area (Å²) in [6.07, 6.45) is 2.26. The Morgan fingerprint density at radius 1 is 1.64 bits per heavy atom. The van der Waals surface area contributed by atoms with Gasteiger partial charge in [-0.2, -0.15) is 0 Å². The van der Waals surface area contributed by atoms with Gasteiger partial charge in [-0.05, 0) is 12.8 Å². The molecule has 0 radical (unpaired) electrons. The van der Waals surface area contributed by atoms with Crippen molar-refractivity contribution in [3.63, 3.8) is 0 Å². The summed E-state index contributed by atoms with van der Waals surface area (Å²) >= 11 is 0. The first kappa shape index (κ1) is 11.2. The predicted molar refractivity (Wildman–Crippen MR) is 50.8 cm³/mol. The first-order chi connectivity index (χ1) is 6.74. The number of rotatable bonds is 7. The Morgan fingerprint density at radius 3 is 2.93 bits per heavy atom. The van der Waals surface area contributed by atoms with Crippen LogP contribution in [-0.2, 0) is 14.3 Å². The van der Waals surface area contributed by atoms with Crippen LogP contribution in [0.5, 0.6) is 0 Å². The largest absolute Gasteiger partial charge is 0.462 e. The molecule has 1 atom stereocenters. The van der Waals surface area contributed by atoms with Crippen LogP contribution < -0.4 is 0 Å². The Hall–Kier alpha value is -0.870. The summed E-state index contributed by atoms with van der Waals surface area (Å²) in [6.45, 7) is 4.73. The van der Waals surface area contributed by atoms with Crippen molar-refractivity contribution in [1.82, 2.24) is 0 Å². The van der Waals surface area contributed by atoms with E-state index in [9.17, 15) is 4.79 Å². The van der Waals surface area contributed by atoms with E-state index in [2.05, 4.69) is 6.58 Å². The summed E-state index contributed by atoms with van der Waals surface area (Å²) < 4.78 is 9.87. The molecule has 80 valence electrons. The van der Waals surface area contributed by atoms with E-state index in [1.54, 1.807) is 0 Å². The molecule has 0 saturated carbocycles. The molecule has 0 bridgehead atoms. The molecule has 0 spiro atoms. The van der Waals surface area contributed by atoms with Gasteiger partial charge in [0.1, 0.15) is 0 Å². The van der Waals surface area contributed by atoms with Crippen molar-refractivity contribution in [3.8, 4) is 0 Å². The average molecular weight is 200 g/mol. The maximum Gasteiger partial charge on any atom is 0.333 e. The highest BCUT2D eigenvalue weighted by molar-refractivity contribution is 5.87. The lowest BCUT2D eigenvalue weighted by Crippen LogP contribution is -2.09. The number of ether oxygens (including phenoxy) is 2. The molecule has 0 aromatic rings. The van der Waals surface area contributed by atoms with Crippen molar-refractivity contribution in [2.24, 2.45) is 0 Å². The summed E-state index contributed by atoms with van der Waals surface area (Å²) in [7, 11) is 0. The Morgan fingerprint density at radius 2 is 2.36 bits per heavy atom. The van der Waals surface area contributed by atoms with E-state index < -0.39 is 0 Å². The summed E-state index contributed by atoms with van der Waals surface area (Å²) in [4.78, 5) is 11.2. The lowest BCUT2D eigenvalue weighted by Gasteiger charge is -2.05. The van der Waals surface area contributed by atoms with Crippen LogP contribution in [0.4, 0.5) is 0 Å². The molecule has 0 aromatic heterocycles. The van der Waals surface area contributed by atoms with Gasteiger partial charge in [0.15, 0.2) is 0 Å². The normalized spacial score (nSPS) is 19.1. The summed E-state index contributed by atoms with van der Waals surface area (Å²) in [5.41, 5.74) is 0.485. The van der Waals surface area contributed by atoms with Gasteiger partial charge in [0.05, 0.1) is 19.3 Å². The Bertz CT molecular complexity index is 208. The molecule has 1 aliphatic rings. The zero-order valence-corrected chi connectivity index (χ0v) is 8.20. The van der Waals surface area contributed by atoms with Crippen LogP contribution in [-0.4, -0.2) is 37.0 Å². The quantitative estimate of drug-likeness (QED) is 0.284. The fourth-order valence-corrected chi connectivity index (χ4v) is 1.00. The first-order valence-corrected chi connectivity index (χ1v) is 4.81. The Kier molecular flexibility index (Phi) is 4.62. The number of esters is 1. The molecule has 1 rings (SSSR count). The van der Waals surface area contributed by atoms with Crippen LogP contribution in [0.25, 0.3) is 0 Å². The van der Waals surface area contributed by atoms with Crippen LogP contribution in [0.15, 0.2) is 12.2 Å². The molecular formula is C10H16O4. The molecule has 1 N–H and O–H groups in total. The number of hydrogen-bond acceptors (Lipinski definition) is 4. The molecular weight excluding hydrogens is 184 g/mol. The number of hydrogen-bond donors (Lipinski definition) is 1. The van der Waals surface area contributed by atoms with E-state index in [-0.39, 0.29) is 19.2 Å². The molecule has 0 aliphatic carbocycles. The molecule has 1 unspecified atom stereocenters. The van der Waals surface area contributed by atoms with Crippen molar-refractivity contribution in [2.75, 3.05) is 19.8 Å². The van der Waals surface area contributed by atoms with E-state index in [0.29, 0.717) is 24.5 Å². The van der Waals surface area contributed by atoms with Crippen molar-refractivity contribution >= 4 is 5.97 Å². The number of aliphatic hydroxyl groups excluding tert-OH is 1. The molecule has 1 fully saturated rings. The highest BCUT2D eigenvalue weighted by Crippen LogP contribution is 2.18. The Labute approximate surface area is 83.5 Å². The minimum Gasteiger partial charge on any atom is -0.462 e. The highest BCUT2D eigenvalue weighted by Gasteiger charge is 2.23. The monoisotopic (exact) mass is 200 g/mol. The maximum atomic E-state index is 11.2. The standard InChI is InChI=1S/C10H16O4/c1-8(3-4-9-7-14-9)10(12)13-6-2-5-11/h9,11H,1-7H2. The summed E-state index contributed by atoms with van der Waals surface area (Å²) in [5, 5.41) is 8.47. The van der Waals surface area contributed by atoms with Crippen LogP contribution in [0.3, 0.4) is 0 Å². The van der Waals surface area contributed by atoms with Gasteiger partial charge < -0.3 is 14.6 Å². The van der Waals surface area contributed by atoms with Gasteiger partial charge in [-0.25, -0.2) is 4.79 Å². The second-order valence-electron chi connectivity index (χ2n) is 3.31. The zero-order valence-electron chi connectivity index (χ0n) is 8.20. The smallest absolute Gasteiger partial charge is 0.333 e. The van der Waals surface area contributed by atoms with Gasteiger partial charge in [-0.15, -0.1) is 0 Å². The number of carbonyl (C=O) groups excluding carboxylic acids is 1. The van der Waals surface area contributed by atoms with Gasteiger partial charge in [0, 0.05) is 18.6 Å². The van der Waals surface area contributed by atoms with Crippen molar-refractivity contribution in [2.45, 2.75) is 25.4 Å². The van der Waals surface area contributed by atoms with Crippen LogP contribution in [0.1, 0.15) is 19.3 Å². The fraction of sp³-hybridized carbons (Fsp3) is 0.700. The second-order valence-corrected chi connectivity index (χ2v) is 3.31. The van der Waals surface area contributed by atoms with Gasteiger partial charge in [-0.1, -0.05) is 6.58 Å². The molecule has 1 heterocycles. The second kappa shape index (κ2) is 5.78. The van der Waals surface area contributed by atoms with E-state index >= 15 is 0 Å². The molecule has 14 heavy (non-hydrogen) atoms. The van der Waals surface area contributed by atoms with Gasteiger partial charge in [0.25, 0.3) is 0 Å². The summed E-state index contributed by atoms with van der Waals surface area (Å²) in [6, 6.07) is 0. The highest BCUT2D eigenvalue weighted by atomic mass is 16.6. The minimum atomic E-state index is -0.362. The third-order valence-electron chi connectivity index (χ3n) is 1.99. The minimum absolute atomic E-state index is 0.0374. The number of carbonyl (C=O) groups is 1. The van der Waals surface area contributed by atoms with E-state index in [1.807, 2.05) is 0 Å². The van der Waals surface area contributed by atoms with Crippen LogP contribution >= 0.6 is 0 Å². The van der Waals surface area contributed by atoms with E-state index in [0.717, 1.165) is 13.0 Å². The number of aliphatic hydroxyl groups is 1. The SMILES string of the molecule is C=C(CCC1CO1)C(=O)OCCCO. The van der Waals surface area contributed by atoms with Gasteiger partial charge >= 0.3 is 5.97 Å². The predicted octanol–water partition coefficient (Wildman–Crippen LogP) is 0.647. The maximum absolute atomic E-state index is 11.2. The first-order valence-electron chi connectivity index (χ1n) is 4.81.